The largest absolute Gasteiger partial charge is 0.495 e. The third-order valence-corrected chi connectivity index (χ3v) is 3.41. The molecular formula is C13H17NO3S. The lowest BCUT2D eigenvalue weighted by atomic mass is 10.2. The van der Waals surface area contributed by atoms with E-state index in [1.807, 2.05) is 24.3 Å². The SMILES string of the molecule is COc1ccccc1N(C)C(=O)CSCC(C)=O. The van der Waals surface area contributed by atoms with E-state index in [1.54, 1.807) is 19.1 Å². The van der Waals surface area contributed by atoms with Gasteiger partial charge in [-0.1, -0.05) is 12.1 Å². The molecule has 0 aliphatic rings. The van der Waals surface area contributed by atoms with Crippen molar-refractivity contribution in [2.24, 2.45) is 0 Å². The molecule has 0 atom stereocenters. The van der Waals surface area contributed by atoms with E-state index in [0.29, 0.717) is 11.5 Å². The van der Waals surface area contributed by atoms with Crippen LogP contribution >= 0.6 is 11.8 Å². The van der Waals surface area contributed by atoms with Crippen LogP contribution in [0.1, 0.15) is 6.92 Å². The predicted octanol–water partition coefficient (Wildman–Crippen LogP) is 1.98. The molecule has 18 heavy (non-hydrogen) atoms. The Labute approximate surface area is 111 Å². The van der Waals surface area contributed by atoms with Gasteiger partial charge in [0, 0.05) is 7.05 Å². The second-order valence-corrected chi connectivity index (χ2v) is 4.81. The summed E-state index contributed by atoms with van der Waals surface area (Å²) in [6.45, 7) is 1.52. The molecule has 5 heteroatoms. The van der Waals surface area contributed by atoms with E-state index >= 15 is 0 Å². The maximum atomic E-state index is 11.9. The number of ether oxygens (including phenoxy) is 1. The highest BCUT2D eigenvalue weighted by atomic mass is 32.2. The Morgan fingerprint density at radius 3 is 2.56 bits per heavy atom. The normalized spacial score (nSPS) is 9.94. The number of Topliss-reactive ketones (excluding diaryl/α,β-unsaturated/α-hetero) is 1. The number of hydrogen-bond donors (Lipinski definition) is 0. The fourth-order valence-electron chi connectivity index (χ4n) is 1.42. The van der Waals surface area contributed by atoms with Gasteiger partial charge >= 0.3 is 0 Å². The molecule has 0 bridgehead atoms. The fraction of sp³-hybridized carbons (Fsp3) is 0.385. The van der Waals surface area contributed by atoms with Crippen LogP contribution in [-0.4, -0.2) is 37.4 Å². The third-order valence-electron chi connectivity index (χ3n) is 2.35. The average molecular weight is 267 g/mol. The van der Waals surface area contributed by atoms with Gasteiger partial charge in [0.2, 0.25) is 5.91 Å². The molecular weight excluding hydrogens is 250 g/mol. The monoisotopic (exact) mass is 267 g/mol. The van der Waals surface area contributed by atoms with Crippen molar-refractivity contribution in [3.8, 4) is 5.75 Å². The molecule has 4 nitrogen and oxygen atoms in total. The molecule has 1 aromatic carbocycles. The van der Waals surface area contributed by atoms with Gasteiger partial charge in [0.25, 0.3) is 0 Å². The number of ketones is 1. The van der Waals surface area contributed by atoms with Crippen molar-refractivity contribution < 1.29 is 14.3 Å². The molecule has 1 rings (SSSR count). The lowest BCUT2D eigenvalue weighted by Gasteiger charge is -2.19. The number of carbonyl (C=O) groups excluding carboxylic acids is 2. The highest BCUT2D eigenvalue weighted by Gasteiger charge is 2.14. The highest BCUT2D eigenvalue weighted by molar-refractivity contribution is 8.00. The van der Waals surface area contributed by atoms with E-state index in [9.17, 15) is 9.59 Å². The van der Waals surface area contributed by atoms with Gasteiger partial charge in [0.1, 0.15) is 11.5 Å². The summed E-state index contributed by atoms with van der Waals surface area (Å²) in [6, 6.07) is 7.34. The summed E-state index contributed by atoms with van der Waals surface area (Å²) in [5.41, 5.74) is 0.730. The minimum atomic E-state index is -0.0502. The van der Waals surface area contributed by atoms with Crippen LogP contribution in [0.3, 0.4) is 0 Å². The number of hydrogen-bond acceptors (Lipinski definition) is 4. The van der Waals surface area contributed by atoms with E-state index in [0.717, 1.165) is 5.69 Å². The molecule has 0 radical (unpaired) electrons. The number of amides is 1. The minimum Gasteiger partial charge on any atom is -0.495 e. The van der Waals surface area contributed by atoms with Crippen LogP contribution in [-0.2, 0) is 9.59 Å². The first-order valence-electron chi connectivity index (χ1n) is 5.53. The number of rotatable bonds is 6. The van der Waals surface area contributed by atoms with Crippen LogP contribution < -0.4 is 9.64 Å². The maximum Gasteiger partial charge on any atom is 0.236 e. The van der Waals surface area contributed by atoms with Gasteiger partial charge in [0.05, 0.1) is 24.3 Å². The van der Waals surface area contributed by atoms with Crippen molar-refractivity contribution in [2.45, 2.75) is 6.92 Å². The molecule has 0 N–H and O–H groups in total. The molecule has 0 aliphatic carbocycles. The van der Waals surface area contributed by atoms with Crippen LogP contribution in [0.4, 0.5) is 5.69 Å². The Balaban J connectivity index is 2.65. The molecule has 1 amide bonds. The van der Waals surface area contributed by atoms with E-state index < -0.39 is 0 Å². The Bertz CT molecular complexity index is 434. The molecule has 98 valence electrons. The Hall–Kier alpha value is -1.49. The van der Waals surface area contributed by atoms with Crippen LogP contribution in [0.5, 0.6) is 5.75 Å². The van der Waals surface area contributed by atoms with E-state index in [-0.39, 0.29) is 17.4 Å². The molecule has 0 unspecified atom stereocenters. The summed E-state index contributed by atoms with van der Waals surface area (Å²) < 4.78 is 5.20. The van der Waals surface area contributed by atoms with Gasteiger partial charge < -0.3 is 9.64 Å². The van der Waals surface area contributed by atoms with Crippen LogP contribution in [0.2, 0.25) is 0 Å². The average Bonchev–Trinajstić information content (AvgIpc) is 2.37. The summed E-state index contributed by atoms with van der Waals surface area (Å²) in [5, 5.41) is 0. The van der Waals surface area contributed by atoms with Crippen LogP contribution in [0.25, 0.3) is 0 Å². The Morgan fingerprint density at radius 2 is 1.94 bits per heavy atom. The van der Waals surface area contributed by atoms with Gasteiger partial charge in [0.15, 0.2) is 0 Å². The first-order valence-corrected chi connectivity index (χ1v) is 6.68. The number of benzene rings is 1. The van der Waals surface area contributed by atoms with Crippen molar-refractivity contribution in [1.29, 1.82) is 0 Å². The fourth-order valence-corrected chi connectivity index (χ4v) is 2.18. The molecule has 1 aromatic rings. The standard InChI is InChI=1S/C13H17NO3S/c1-10(15)8-18-9-13(16)14(2)11-6-4-5-7-12(11)17-3/h4-7H,8-9H2,1-3H3. The molecule has 0 heterocycles. The van der Waals surface area contributed by atoms with E-state index in [1.165, 1.54) is 18.7 Å². The van der Waals surface area contributed by atoms with Gasteiger partial charge in [-0.3, -0.25) is 9.59 Å². The minimum absolute atomic E-state index is 0.0502. The summed E-state index contributed by atoms with van der Waals surface area (Å²) in [7, 11) is 3.27. The number of para-hydroxylation sites is 2. The third kappa shape index (κ3) is 4.07. The molecule has 0 aliphatic heterocycles. The first kappa shape index (κ1) is 14.6. The van der Waals surface area contributed by atoms with Crippen molar-refractivity contribution in [3.63, 3.8) is 0 Å². The summed E-state index contributed by atoms with van der Waals surface area (Å²) in [4.78, 5) is 24.3. The molecule has 0 aromatic heterocycles. The molecule has 0 fully saturated rings. The first-order chi connectivity index (χ1) is 8.56. The van der Waals surface area contributed by atoms with Crippen molar-refractivity contribution in [1.82, 2.24) is 0 Å². The topological polar surface area (TPSA) is 46.6 Å². The second-order valence-electron chi connectivity index (χ2n) is 3.82. The number of carbonyl (C=O) groups is 2. The van der Waals surface area contributed by atoms with E-state index in [4.69, 9.17) is 4.74 Å². The van der Waals surface area contributed by atoms with Gasteiger partial charge in [-0.15, -0.1) is 11.8 Å². The summed E-state index contributed by atoms with van der Waals surface area (Å²) >= 11 is 1.32. The number of anilines is 1. The van der Waals surface area contributed by atoms with Gasteiger partial charge in [-0.2, -0.15) is 0 Å². The zero-order valence-electron chi connectivity index (χ0n) is 10.8. The lowest BCUT2D eigenvalue weighted by molar-refractivity contribution is -0.116. The highest BCUT2D eigenvalue weighted by Crippen LogP contribution is 2.26. The van der Waals surface area contributed by atoms with Crippen LogP contribution in [0.15, 0.2) is 24.3 Å². The number of methoxy groups -OCH3 is 1. The van der Waals surface area contributed by atoms with Crippen LogP contribution in [0, 0.1) is 0 Å². The lowest BCUT2D eigenvalue weighted by Crippen LogP contribution is -2.28. The molecule has 0 spiro atoms. The van der Waals surface area contributed by atoms with Gasteiger partial charge in [-0.05, 0) is 19.1 Å². The van der Waals surface area contributed by atoms with Crippen molar-refractivity contribution >= 4 is 29.1 Å². The number of thioether (sulfide) groups is 1. The number of nitrogens with zero attached hydrogens (tertiary/aromatic N) is 1. The molecule has 0 saturated carbocycles. The zero-order chi connectivity index (χ0) is 13.5. The Kier molecular flexibility index (Phi) is 5.71. The Morgan fingerprint density at radius 1 is 1.28 bits per heavy atom. The van der Waals surface area contributed by atoms with Crippen molar-refractivity contribution in [2.75, 3.05) is 30.6 Å². The van der Waals surface area contributed by atoms with E-state index in [2.05, 4.69) is 0 Å². The molecule has 0 saturated heterocycles. The maximum absolute atomic E-state index is 11.9. The van der Waals surface area contributed by atoms with Gasteiger partial charge in [-0.25, -0.2) is 0 Å². The van der Waals surface area contributed by atoms with Crippen molar-refractivity contribution in [3.05, 3.63) is 24.3 Å². The second kappa shape index (κ2) is 7.06. The smallest absolute Gasteiger partial charge is 0.236 e. The zero-order valence-corrected chi connectivity index (χ0v) is 11.6. The predicted molar refractivity (Wildman–Crippen MR) is 74.4 cm³/mol. The summed E-state index contributed by atoms with van der Waals surface area (Å²) in [6.07, 6.45) is 0. The quantitative estimate of drug-likeness (QED) is 0.790. The summed E-state index contributed by atoms with van der Waals surface area (Å²) in [5.74, 6) is 1.34.